The van der Waals surface area contributed by atoms with Crippen LogP contribution in [0, 0.1) is 11.6 Å². The summed E-state index contributed by atoms with van der Waals surface area (Å²) in [5.41, 5.74) is 6.56. The van der Waals surface area contributed by atoms with E-state index >= 15 is 4.39 Å². The fourth-order valence-corrected chi connectivity index (χ4v) is 5.85. The summed E-state index contributed by atoms with van der Waals surface area (Å²) >= 11 is 3.74. The molecule has 2 aliphatic rings. The second-order valence-electron chi connectivity index (χ2n) is 7.31. The van der Waals surface area contributed by atoms with Crippen molar-refractivity contribution >= 4 is 15.9 Å². The van der Waals surface area contributed by atoms with E-state index in [1.807, 2.05) is 48.5 Å². The number of rotatable bonds is 0. The van der Waals surface area contributed by atoms with Crippen molar-refractivity contribution < 1.29 is 8.78 Å². The van der Waals surface area contributed by atoms with Crippen LogP contribution in [0.15, 0.2) is 83.3 Å². The first-order valence-corrected chi connectivity index (χ1v) is 9.91. The smallest absolute Gasteiger partial charge is 0.134 e. The molecule has 0 bridgehead atoms. The minimum absolute atomic E-state index is 0.496. The molecule has 6 rings (SSSR count). The van der Waals surface area contributed by atoms with Gasteiger partial charge in [-0.3, -0.25) is 0 Å². The molecule has 0 saturated carbocycles. The summed E-state index contributed by atoms with van der Waals surface area (Å²) in [7, 11) is 0. The summed E-state index contributed by atoms with van der Waals surface area (Å²) in [6.45, 7) is 0. The van der Waals surface area contributed by atoms with E-state index < -0.39 is 17.0 Å². The number of fused-ring (bicyclic) bond motifs is 10. The minimum Gasteiger partial charge on any atom is -0.207 e. The van der Waals surface area contributed by atoms with Crippen molar-refractivity contribution in [3.63, 3.8) is 0 Å². The van der Waals surface area contributed by atoms with E-state index in [1.54, 1.807) is 0 Å². The second kappa shape index (κ2) is 5.39. The van der Waals surface area contributed by atoms with Gasteiger partial charge >= 0.3 is 0 Å². The molecule has 1 spiro atoms. The van der Waals surface area contributed by atoms with Gasteiger partial charge in [0.1, 0.15) is 11.6 Å². The highest BCUT2D eigenvalue weighted by molar-refractivity contribution is 9.10. The summed E-state index contributed by atoms with van der Waals surface area (Å²) in [5, 5.41) is 0. The monoisotopic (exact) mass is 430 g/mol. The van der Waals surface area contributed by atoms with E-state index in [0.29, 0.717) is 11.1 Å². The fourth-order valence-electron chi connectivity index (χ4n) is 5.19. The molecule has 0 aromatic heterocycles. The number of hydrogen-bond acceptors (Lipinski definition) is 0. The second-order valence-corrected chi connectivity index (χ2v) is 8.17. The van der Waals surface area contributed by atoms with E-state index in [0.717, 1.165) is 43.9 Å². The van der Waals surface area contributed by atoms with Crippen LogP contribution >= 0.6 is 15.9 Å². The van der Waals surface area contributed by atoms with Gasteiger partial charge in [-0.05, 0) is 51.1 Å². The largest absolute Gasteiger partial charge is 0.207 e. The van der Waals surface area contributed by atoms with Crippen molar-refractivity contribution in [2.75, 3.05) is 0 Å². The van der Waals surface area contributed by atoms with E-state index in [-0.39, 0.29) is 0 Å². The molecular weight excluding hydrogens is 418 g/mol. The van der Waals surface area contributed by atoms with Crippen LogP contribution in [0.4, 0.5) is 8.78 Å². The van der Waals surface area contributed by atoms with Gasteiger partial charge in [-0.1, -0.05) is 76.6 Å². The van der Waals surface area contributed by atoms with Crippen LogP contribution in [0.2, 0.25) is 0 Å². The van der Waals surface area contributed by atoms with Crippen LogP contribution in [-0.4, -0.2) is 0 Å². The Morgan fingerprint density at radius 2 is 1.29 bits per heavy atom. The maximum absolute atomic E-state index is 15.1. The van der Waals surface area contributed by atoms with Gasteiger partial charge < -0.3 is 0 Å². The predicted octanol–water partition coefficient (Wildman–Crippen LogP) is 7.07. The van der Waals surface area contributed by atoms with Gasteiger partial charge in [0, 0.05) is 16.1 Å². The molecule has 2 aliphatic carbocycles. The molecule has 1 unspecified atom stereocenters. The number of benzene rings is 4. The Bertz CT molecular complexity index is 1310. The van der Waals surface area contributed by atoms with Crippen LogP contribution in [0.1, 0.15) is 22.3 Å². The molecule has 0 fully saturated rings. The topological polar surface area (TPSA) is 0 Å². The lowest BCUT2D eigenvalue weighted by Crippen LogP contribution is -2.26. The lowest BCUT2D eigenvalue weighted by molar-refractivity contribution is 0.580. The highest BCUT2D eigenvalue weighted by Crippen LogP contribution is 2.64. The molecule has 0 heterocycles. The number of halogens is 3. The van der Waals surface area contributed by atoms with Crippen molar-refractivity contribution in [2.24, 2.45) is 0 Å². The van der Waals surface area contributed by atoms with E-state index in [1.165, 1.54) is 6.07 Å². The lowest BCUT2D eigenvalue weighted by atomic mass is 9.70. The maximum Gasteiger partial charge on any atom is 0.134 e. The zero-order valence-electron chi connectivity index (χ0n) is 14.6. The van der Waals surface area contributed by atoms with Crippen molar-refractivity contribution in [2.45, 2.75) is 5.41 Å². The Morgan fingerprint density at radius 3 is 2.07 bits per heavy atom. The van der Waals surface area contributed by atoms with Gasteiger partial charge in [0.05, 0.1) is 5.41 Å². The van der Waals surface area contributed by atoms with Crippen molar-refractivity contribution in [1.82, 2.24) is 0 Å². The van der Waals surface area contributed by atoms with Gasteiger partial charge in [-0.2, -0.15) is 0 Å². The zero-order valence-corrected chi connectivity index (χ0v) is 16.2. The van der Waals surface area contributed by atoms with Crippen molar-refractivity contribution in [3.05, 3.63) is 117 Å². The molecule has 0 radical (unpaired) electrons. The SMILES string of the molecule is Fc1cc(F)c2c(c1)C1(c3ccccc3-c3cccc(Br)c31)c1ccccc1-2. The standard InChI is InChI=1S/C25H13BrF2/c26-21-11-5-8-16-15-6-1-3-9-18(15)25(24(16)21)19-10-4-2-7-17(19)23-20(25)12-14(27)13-22(23)28/h1-13H. The maximum atomic E-state index is 15.1. The van der Waals surface area contributed by atoms with E-state index in [2.05, 4.69) is 34.1 Å². The first-order chi connectivity index (χ1) is 13.6. The highest BCUT2D eigenvalue weighted by Gasteiger charge is 2.53. The van der Waals surface area contributed by atoms with Crippen LogP contribution < -0.4 is 0 Å². The third kappa shape index (κ3) is 1.74. The first-order valence-electron chi connectivity index (χ1n) is 9.12. The van der Waals surface area contributed by atoms with Gasteiger partial charge in [0.15, 0.2) is 0 Å². The molecule has 4 aromatic carbocycles. The average molecular weight is 431 g/mol. The summed E-state index contributed by atoms with van der Waals surface area (Å²) < 4.78 is 30.5. The molecule has 134 valence electrons. The Morgan fingerprint density at radius 1 is 0.643 bits per heavy atom. The van der Waals surface area contributed by atoms with Crippen LogP contribution in [0.25, 0.3) is 22.3 Å². The third-order valence-corrected chi connectivity index (χ3v) is 6.73. The van der Waals surface area contributed by atoms with E-state index in [4.69, 9.17) is 0 Å². The number of hydrogen-bond donors (Lipinski definition) is 0. The Balaban J connectivity index is 1.91. The van der Waals surface area contributed by atoms with Gasteiger partial charge in [-0.25, -0.2) is 8.78 Å². The summed E-state index contributed by atoms with van der Waals surface area (Å²) in [4.78, 5) is 0. The van der Waals surface area contributed by atoms with Crippen LogP contribution in [-0.2, 0) is 5.41 Å². The van der Waals surface area contributed by atoms with Gasteiger partial charge in [0.25, 0.3) is 0 Å². The molecule has 0 nitrogen and oxygen atoms in total. The Hall–Kier alpha value is -2.78. The molecule has 1 atom stereocenters. The van der Waals surface area contributed by atoms with Crippen molar-refractivity contribution in [1.29, 1.82) is 0 Å². The molecule has 0 saturated heterocycles. The zero-order chi connectivity index (χ0) is 19.0. The molecular formula is C25H13BrF2. The Kier molecular flexibility index (Phi) is 3.12. The minimum atomic E-state index is -0.735. The molecule has 3 heteroatoms. The van der Waals surface area contributed by atoms with Gasteiger partial charge in [0.2, 0.25) is 0 Å². The fraction of sp³-hybridized carbons (Fsp3) is 0.0400. The van der Waals surface area contributed by atoms with E-state index in [9.17, 15) is 4.39 Å². The summed E-state index contributed by atoms with van der Waals surface area (Å²) in [5.74, 6) is -1.07. The molecule has 4 aromatic rings. The molecule has 0 N–H and O–H groups in total. The molecule has 28 heavy (non-hydrogen) atoms. The highest BCUT2D eigenvalue weighted by atomic mass is 79.9. The van der Waals surface area contributed by atoms with Crippen molar-refractivity contribution in [3.8, 4) is 22.3 Å². The average Bonchev–Trinajstić information content (AvgIpc) is 3.16. The summed E-state index contributed by atoms with van der Waals surface area (Å²) in [6, 6.07) is 24.6. The van der Waals surface area contributed by atoms with Crippen LogP contribution in [0.3, 0.4) is 0 Å². The van der Waals surface area contributed by atoms with Gasteiger partial charge in [-0.15, -0.1) is 0 Å². The summed E-state index contributed by atoms with van der Waals surface area (Å²) in [6.07, 6.45) is 0. The quantitative estimate of drug-likeness (QED) is 0.241. The third-order valence-electron chi connectivity index (χ3n) is 6.07. The normalized spacial score (nSPS) is 18.0. The first kappa shape index (κ1) is 16.2. The van der Waals surface area contributed by atoms with Crippen LogP contribution in [0.5, 0.6) is 0 Å². The predicted molar refractivity (Wildman–Crippen MR) is 110 cm³/mol. The Labute approximate surface area is 169 Å². The lowest BCUT2D eigenvalue weighted by Gasteiger charge is -2.31. The molecule has 0 amide bonds. The molecule has 0 aliphatic heterocycles.